The molecule has 4 unspecified atom stereocenters. The van der Waals surface area contributed by atoms with Gasteiger partial charge < -0.3 is 20.9 Å². The van der Waals surface area contributed by atoms with E-state index >= 15 is 0 Å². The van der Waals surface area contributed by atoms with Crippen LogP contribution in [0.5, 0.6) is 0 Å². The van der Waals surface area contributed by atoms with Crippen molar-refractivity contribution in [2.24, 2.45) is 5.73 Å². The maximum absolute atomic E-state index is 11.6. The summed E-state index contributed by atoms with van der Waals surface area (Å²) in [6, 6.07) is 0.732. The van der Waals surface area contributed by atoms with Gasteiger partial charge in [-0.3, -0.25) is 15.4 Å². The van der Waals surface area contributed by atoms with Crippen LogP contribution in [0.15, 0.2) is 0 Å². The van der Waals surface area contributed by atoms with Crippen LogP contribution < -0.4 is 21.7 Å². The lowest BCUT2D eigenvalue weighted by Crippen LogP contribution is -2.38. The minimum absolute atomic E-state index is 0.0874. The van der Waals surface area contributed by atoms with Crippen molar-refractivity contribution in [1.29, 1.82) is 0 Å². The van der Waals surface area contributed by atoms with Crippen molar-refractivity contribution in [3.63, 3.8) is 0 Å². The number of rotatable bonds is 10. The van der Waals surface area contributed by atoms with Gasteiger partial charge in [0.1, 0.15) is 0 Å². The van der Waals surface area contributed by atoms with Gasteiger partial charge in [0, 0.05) is 42.6 Å². The highest BCUT2D eigenvalue weighted by molar-refractivity contribution is 8.00. The summed E-state index contributed by atoms with van der Waals surface area (Å²) in [6.07, 6.45) is 3.03. The van der Waals surface area contributed by atoms with E-state index in [1.54, 1.807) is 0 Å². The van der Waals surface area contributed by atoms with Crippen molar-refractivity contribution in [2.75, 3.05) is 32.1 Å². The first-order valence-electron chi connectivity index (χ1n) is 8.07. The molecule has 6 N–H and O–H groups in total. The van der Waals surface area contributed by atoms with Gasteiger partial charge in [0.15, 0.2) is 6.35 Å². The quantitative estimate of drug-likeness (QED) is 0.325. The number of ether oxygens (including phenoxy) is 1. The first-order chi connectivity index (χ1) is 10.7. The Bertz CT molecular complexity index is 348. The van der Waals surface area contributed by atoms with Crippen molar-refractivity contribution < 1.29 is 14.6 Å². The molecule has 0 aromatic heterocycles. The predicted molar refractivity (Wildman–Crippen MR) is 87.5 cm³/mol. The monoisotopic (exact) mass is 332 g/mol. The molecule has 8 heteroatoms. The Hall–Kier alpha value is -0.380. The van der Waals surface area contributed by atoms with Gasteiger partial charge >= 0.3 is 0 Å². The molecule has 0 aromatic carbocycles. The van der Waals surface area contributed by atoms with E-state index in [2.05, 4.69) is 16.0 Å². The zero-order chi connectivity index (χ0) is 15.8. The third-order valence-corrected chi connectivity index (χ3v) is 5.53. The van der Waals surface area contributed by atoms with Crippen LogP contribution in [0.1, 0.15) is 25.7 Å². The number of aliphatic hydroxyl groups is 1. The third kappa shape index (κ3) is 5.68. The van der Waals surface area contributed by atoms with E-state index in [9.17, 15) is 9.90 Å². The second-order valence-electron chi connectivity index (χ2n) is 5.74. The van der Waals surface area contributed by atoms with Crippen LogP contribution in [0, 0.1) is 0 Å². The fraction of sp³-hybridized carbons (Fsp3) is 0.929. The number of aliphatic hydroxyl groups excluding tert-OH is 1. The molecule has 2 heterocycles. The fourth-order valence-electron chi connectivity index (χ4n) is 2.93. The highest BCUT2D eigenvalue weighted by Crippen LogP contribution is 2.33. The first-order valence-corrected chi connectivity index (χ1v) is 9.12. The number of carbonyl (C=O) groups excluding carboxylic acids is 1. The molecule has 128 valence electrons. The molecule has 0 spiro atoms. The van der Waals surface area contributed by atoms with E-state index in [1.807, 2.05) is 11.8 Å². The van der Waals surface area contributed by atoms with Crippen molar-refractivity contribution >= 4 is 17.7 Å². The SMILES string of the molecule is NCCOCCNC(=O)CCCCC1SCC2NC(O)NC21. The Morgan fingerprint density at radius 1 is 1.36 bits per heavy atom. The lowest BCUT2D eigenvalue weighted by atomic mass is 10.0. The van der Waals surface area contributed by atoms with Gasteiger partial charge in [0.2, 0.25) is 5.91 Å². The van der Waals surface area contributed by atoms with E-state index in [0.29, 0.717) is 50.1 Å². The molecule has 0 aromatic rings. The lowest BCUT2D eigenvalue weighted by molar-refractivity contribution is -0.121. The van der Waals surface area contributed by atoms with Crippen LogP contribution in [-0.2, 0) is 9.53 Å². The summed E-state index contributed by atoms with van der Waals surface area (Å²) in [5.74, 6) is 1.13. The molecular weight excluding hydrogens is 304 g/mol. The third-order valence-electron chi connectivity index (χ3n) is 4.02. The van der Waals surface area contributed by atoms with Crippen LogP contribution in [0.3, 0.4) is 0 Å². The second kappa shape index (κ2) is 9.69. The number of unbranched alkanes of at least 4 members (excludes halogenated alkanes) is 1. The fourth-order valence-corrected chi connectivity index (χ4v) is 4.50. The minimum atomic E-state index is -0.564. The Balaban J connectivity index is 1.48. The maximum atomic E-state index is 11.6. The summed E-state index contributed by atoms with van der Waals surface area (Å²) >= 11 is 1.95. The van der Waals surface area contributed by atoms with Gasteiger partial charge in [-0.15, -0.1) is 0 Å². The standard InChI is InChI=1S/C14H28N4O3S/c15-5-7-21-8-6-16-12(19)4-2-1-3-11-13-10(9-22-11)17-14(20)18-13/h10-11,13-14,17-18,20H,1-9,15H2,(H,16,19). The van der Waals surface area contributed by atoms with Gasteiger partial charge in [-0.1, -0.05) is 6.42 Å². The second-order valence-corrected chi connectivity index (χ2v) is 7.01. The van der Waals surface area contributed by atoms with Crippen LogP contribution in [0.2, 0.25) is 0 Å². The van der Waals surface area contributed by atoms with Crippen LogP contribution in [-0.4, -0.2) is 66.8 Å². The Morgan fingerprint density at radius 3 is 3.05 bits per heavy atom. The number of nitrogens with two attached hydrogens (primary N) is 1. The first kappa shape index (κ1) is 18.0. The van der Waals surface area contributed by atoms with E-state index < -0.39 is 6.35 Å². The summed E-state index contributed by atoms with van der Waals surface area (Å²) in [7, 11) is 0. The molecule has 2 aliphatic heterocycles. The highest BCUT2D eigenvalue weighted by atomic mass is 32.2. The topological polar surface area (TPSA) is 109 Å². The Labute approximate surface area is 136 Å². The molecule has 22 heavy (non-hydrogen) atoms. The summed E-state index contributed by atoms with van der Waals surface area (Å²) in [6.45, 7) is 2.12. The summed E-state index contributed by atoms with van der Waals surface area (Å²) in [5, 5.41) is 19.2. The molecule has 2 saturated heterocycles. The summed E-state index contributed by atoms with van der Waals surface area (Å²) < 4.78 is 5.20. The normalized spacial score (nSPS) is 30.5. The van der Waals surface area contributed by atoms with E-state index in [1.165, 1.54) is 0 Å². The molecule has 4 atom stereocenters. The van der Waals surface area contributed by atoms with Crippen molar-refractivity contribution in [2.45, 2.75) is 49.4 Å². The zero-order valence-corrected chi connectivity index (χ0v) is 13.7. The molecule has 0 aliphatic carbocycles. The molecule has 7 nitrogen and oxygen atoms in total. The van der Waals surface area contributed by atoms with E-state index in [-0.39, 0.29) is 5.91 Å². The smallest absolute Gasteiger partial charge is 0.220 e. The molecule has 0 saturated carbocycles. The number of carbonyl (C=O) groups is 1. The number of hydrogen-bond acceptors (Lipinski definition) is 7. The average Bonchev–Trinajstić information content (AvgIpc) is 3.03. The molecule has 1 amide bonds. The van der Waals surface area contributed by atoms with Gasteiger partial charge in [-0.25, -0.2) is 0 Å². The highest BCUT2D eigenvalue weighted by Gasteiger charge is 2.42. The summed E-state index contributed by atoms with van der Waals surface area (Å²) in [5.41, 5.74) is 5.31. The molecule has 2 rings (SSSR count). The van der Waals surface area contributed by atoms with Gasteiger partial charge in [0.25, 0.3) is 0 Å². The molecule has 0 bridgehead atoms. The van der Waals surface area contributed by atoms with E-state index in [4.69, 9.17) is 10.5 Å². The van der Waals surface area contributed by atoms with Gasteiger partial charge in [-0.05, 0) is 12.8 Å². The van der Waals surface area contributed by atoms with Crippen LogP contribution in [0.25, 0.3) is 0 Å². The van der Waals surface area contributed by atoms with Crippen LogP contribution >= 0.6 is 11.8 Å². The molecule has 2 fully saturated rings. The van der Waals surface area contributed by atoms with Gasteiger partial charge in [0.05, 0.1) is 13.2 Å². The average molecular weight is 332 g/mol. The number of nitrogens with one attached hydrogen (secondary N) is 3. The molecular formula is C14H28N4O3S. The number of thioether (sulfide) groups is 1. The predicted octanol–water partition coefficient (Wildman–Crippen LogP) is -1.04. The van der Waals surface area contributed by atoms with Gasteiger partial charge in [-0.2, -0.15) is 11.8 Å². The van der Waals surface area contributed by atoms with Crippen LogP contribution in [0.4, 0.5) is 0 Å². The Kier molecular flexibility index (Phi) is 7.91. The van der Waals surface area contributed by atoms with E-state index in [0.717, 1.165) is 25.0 Å². The largest absolute Gasteiger partial charge is 0.378 e. The van der Waals surface area contributed by atoms with Crippen molar-refractivity contribution in [1.82, 2.24) is 16.0 Å². The summed E-state index contributed by atoms with van der Waals surface area (Å²) in [4.78, 5) is 11.6. The number of hydrogen-bond donors (Lipinski definition) is 5. The molecule has 2 aliphatic rings. The van der Waals surface area contributed by atoms with Crippen molar-refractivity contribution in [3.05, 3.63) is 0 Å². The Morgan fingerprint density at radius 2 is 2.23 bits per heavy atom. The minimum Gasteiger partial charge on any atom is -0.378 e. The number of fused-ring (bicyclic) bond motifs is 1. The zero-order valence-electron chi connectivity index (χ0n) is 12.9. The lowest BCUT2D eigenvalue weighted by Gasteiger charge is -2.17. The maximum Gasteiger partial charge on any atom is 0.220 e. The molecule has 0 radical (unpaired) electrons. The van der Waals surface area contributed by atoms with Crippen molar-refractivity contribution in [3.8, 4) is 0 Å². The number of amides is 1.